The number of thiazole rings is 1. The van der Waals surface area contributed by atoms with Gasteiger partial charge in [0, 0.05) is 30.8 Å². The molecule has 4 N–H and O–H groups in total. The molecular formula is C21H21N7O6S2. The number of rotatable bonds is 7. The number of anilines is 1. The molecule has 2 aromatic rings. The minimum absolute atomic E-state index is 0.0668. The summed E-state index contributed by atoms with van der Waals surface area (Å²) in [6, 6.07) is -0.924. The van der Waals surface area contributed by atoms with E-state index >= 15 is 0 Å². The Kier molecular flexibility index (Phi) is 6.17. The maximum atomic E-state index is 13.0. The van der Waals surface area contributed by atoms with E-state index in [4.69, 9.17) is 15.0 Å². The molecule has 5 rings (SSSR count). The molecule has 3 aliphatic rings. The van der Waals surface area contributed by atoms with Crippen molar-refractivity contribution in [1.82, 2.24) is 25.1 Å². The molecule has 3 aliphatic heterocycles. The summed E-state index contributed by atoms with van der Waals surface area (Å²) in [5.41, 5.74) is 7.02. The first kappa shape index (κ1) is 23.9. The molecule has 2 amide bonds. The van der Waals surface area contributed by atoms with Crippen LogP contribution in [0.3, 0.4) is 0 Å². The molecule has 0 aliphatic carbocycles. The number of amides is 2. The maximum absolute atomic E-state index is 13.0. The lowest BCUT2D eigenvalue weighted by Gasteiger charge is -2.49. The second kappa shape index (κ2) is 9.31. The molecule has 0 spiro atoms. The monoisotopic (exact) mass is 531 g/mol. The van der Waals surface area contributed by atoms with Gasteiger partial charge in [-0.25, -0.2) is 14.8 Å². The lowest BCUT2D eigenvalue weighted by Crippen LogP contribution is -2.71. The van der Waals surface area contributed by atoms with Gasteiger partial charge in [-0.05, 0) is 11.6 Å². The Morgan fingerprint density at radius 1 is 1.42 bits per heavy atom. The fourth-order valence-corrected chi connectivity index (χ4v) is 6.09. The van der Waals surface area contributed by atoms with Crippen molar-refractivity contribution in [3.63, 3.8) is 0 Å². The standard InChI is InChI=1S/C21H21N7O6S2/c1-9-23-11-6-27(4-3-13(11)34-9)5-10-7-35-19-15(18(30)28(19)16(10)20(31)32)25-17(29)14(26-33-2)12-8-36-21(22)24-12/h3-4,8,15,19H,5-7H2,1-2H3,(H2,22,24)(H,25,29)(H,31,32)/b26-14-/t15?,19-/m1/s1. The first-order valence-corrected chi connectivity index (χ1v) is 12.6. The number of hydrogen-bond acceptors (Lipinski definition) is 12. The number of thioether (sulfide) groups is 1. The van der Waals surface area contributed by atoms with Crippen LogP contribution in [0.4, 0.5) is 5.13 Å². The summed E-state index contributed by atoms with van der Waals surface area (Å²) in [4.78, 5) is 54.4. The number of oxazole rings is 1. The minimum Gasteiger partial charge on any atom is -0.477 e. The number of carboxylic acids is 1. The smallest absolute Gasteiger partial charge is 0.352 e. The maximum Gasteiger partial charge on any atom is 0.352 e. The van der Waals surface area contributed by atoms with Crippen LogP contribution in [0.1, 0.15) is 23.0 Å². The molecular weight excluding hydrogens is 510 g/mol. The Bertz CT molecular complexity index is 1350. The summed E-state index contributed by atoms with van der Waals surface area (Å²) in [5.74, 6) is -0.782. The average molecular weight is 532 g/mol. The second-order valence-electron chi connectivity index (χ2n) is 8.08. The summed E-state index contributed by atoms with van der Waals surface area (Å²) in [6.45, 7) is 2.53. The molecule has 2 aromatic heterocycles. The van der Waals surface area contributed by atoms with Gasteiger partial charge < -0.3 is 30.3 Å². The Hall–Kier alpha value is -3.85. The number of nitrogens with two attached hydrogens (primary N) is 1. The van der Waals surface area contributed by atoms with Crippen molar-refractivity contribution in [2.45, 2.75) is 24.9 Å². The summed E-state index contributed by atoms with van der Waals surface area (Å²) in [7, 11) is 1.28. The molecule has 15 heteroatoms. The third kappa shape index (κ3) is 4.19. The zero-order valence-corrected chi connectivity index (χ0v) is 20.8. The predicted octanol–water partition coefficient (Wildman–Crippen LogP) is 0.597. The number of fused-ring (bicyclic) bond motifs is 2. The van der Waals surface area contributed by atoms with E-state index in [0.29, 0.717) is 36.1 Å². The molecule has 0 aromatic carbocycles. The van der Waals surface area contributed by atoms with E-state index in [1.165, 1.54) is 23.8 Å². The molecule has 1 saturated heterocycles. The van der Waals surface area contributed by atoms with Crippen LogP contribution in [0.25, 0.3) is 6.08 Å². The Balaban J connectivity index is 1.31. The van der Waals surface area contributed by atoms with E-state index in [1.54, 1.807) is 18.4 Å². The fourth-order valence-electron chi connectivity index (χ4n) is 4.21. The highest BCUT2D eigenvalue weighted by Crippen LogP contribution is 2.41. The van der Waals surface area contributed by atoms with Crippen molar-refractivity contribution in [2.75, 3.05) is 25.1 Å². The van der Waals surface area contributed by atoms with Gasteiger partial charge in [-0.15, -0.1) is 23.1 Å². The topological polar surface area (TPSA) is 176 Å². The highest BCUT2D eigenvalue weighted by molar-refractivity contribution is 8.00. The molecule has 1 unspecified atom stereocenters. The van der Waals surface area contributed by atoms with Crippen LogP contribution in [0.2, 0.25) is 0 Å². The van der Waals surface area contributed by atoms with E-state index in [2.05, 4.69) is 20.4 Å². The number of carbonyl (C=O) groups excluding carboxylic acids is 2. The number of aryl methyl sites for hydroxylation is 1. The number of oxime groups is 1. The van der Waals surface area contributed by atoms with Gasteiger partial charge in [-0.3, -0.25) is 14.5 Å². The largest absolute Gasteiger partial charge is 0.477 e. The second-order valence-corrected chi connectivity index (χ2v) is 10.1. The van der Waals surface area contributed by atoms with Crippen molar-refractivity contribution >= 4 is 57.8 Å². The Morgan fingerprint density at radius 2 is 2.22 bits per heavy atom. The lowest BCUT2D eigenvalue weighted by molar-refractivity contribution is -0.150. The number of hydrogen-bond donors (Lipinski definition) is 3. The van der Waals surface area contributed by atoms with E-state index in [0.717, 1.165) is 17.0 Å². The number of aromatic nitrogens is 2. The molecule has 36 heavy (non-hydrogen) atoms. The molecule has 2 atom stereocenters. The van der Waals surface area contributed by atoms with Crippen LogP contribution >= 0.6 is 23.1 Å². The van der Waals surface area contributed by atoms with Crippen LogP contribution in [-0.2, 0) is 25.8 Å². The van der Waals surface area contributed by atoms with E-state index < -0.39 is 29.2 Å². The normalized spacial score (nSPS) is 21.2. The number of carbonyl (C=O) groups is 3. The molecule has 0 saturated carbocycles. The first-order valence-electron chi connectivity index (χ1n) is 10.7. The number of nitrogen functional groups attached to an aromatic ring is 1. The van der Waals surface area contributed by atoms with Gasteiger partial charge in [-0.1, -0.05) is 5.16 Å². The number of nitrogens with zero attached hydrogens (tertiary/aromatic N) is 5. The summed E-state index contributed by atoms with van der Waals surface area (Å²) >= 11 is 2.51. The summed E-state index contributed by atoms with van der Waals surface area (Å²) in [5, 5.41) is 17.5. The predicted molar refractivity (Wildman–Crippen MR) is 130 cm³/mol. The third-order valence-electron chi connectivity index (χ3n) is 5.72. The molecule has 1 fully saturated rings. The van der Waals surface area contributed by atoms with Crippen LogP contribution in [0.15, 0.2) is 32.4 Å². The van der Waals surface area contributed by atoms with Gasteiger partial charge in [0.05, 0.1) is 6.54 Å². The van der Waals surface area contributed by atoms with Crippen molar-refractivity contribution in [3.05, 3.63) is 45.9 Å². The van der Waals surface area contributed by atoms with Crippen molar-refractivity contribution < 1.29 is 28.7 Å². The Labute approximate surface area is 212 Å². The summed E-state index contributed by atoms with van der Waals surface area (Å²) < 4.78 is 5.51. The number of carboxylic acid groups (broad SMARTS) is 1. The molecule has 0 radical (unpaired) electrons. The van der Waals surface area contributed by atoms with Crippen molar-refractivity contribution in [2.24, 2.45) is 5.16 Å². The first-order chi connectivity index (χ1) is 17.3. The van der Waals surface area contributed by atoms with E-state index in [1.807, 2.05) is 11.1 Å². The zero-order valence-electron chi connectivity index (χ0n) is 19.1. The van der Waals surface area contributed by atoms with Crippen LogP contribution in [0.5, 0.6) is 0 Å². The quantitative estimate of drug-likeness (QED) is 0.259. The van der Waals surface area contributed by atoms with Crippen LogP contribution in [0, 0.1) is 6.92 Å². The number of aliphatic carboxylic acids is 1. The minimum atomic E-state index is -1.20. The van der Waals surface area contributed by atoms with Crippen LogP contribution in [-0.4, -0.2) is 79.2 Å². The average Bonchev–Trinajstić information content (AvgIpc) is 3.44. The van der Waals surface area contributed by atoms with Gasteiger partial charge in [0.15, 0.2) is 22.5 Å². The van der Waals surface area contributed by atoms with Crippen molar-refractivity contribution in [3.8, 4) is 0 Å². The van der Waals surface area contributed by atoms with Gasteiger partial charge >= 0.3 is 5.97 Å². The Morgan fingerprint density at radius 3 is 2.92 bits per heavy atom. The van der Waals surface area contributed by atoms with E-state index in [9.17, 15) is 19.5 Å². The fraction of sp³-hybridized carbons (Fsp3) is 0.333. The lowest BCUT2D eigenvalue weighted by atomic mass is 10.0. The molecule has 188 valence electrons. The molecule has 5 heterocycles. The highest BCUT2D eigenvalue weighted by atomic mass is 32.2. The molecule has 13 nitrogen and oxygen atoms in total. The van der Waals surface area contributed by atoms with Crippen molar-refractivity contribution in [1.29, 1.82) is 0 Å². The van der Waals surface area contributed by atoms with Gasteiger partial charge in [0.25, 0.3) is 11.8 Å². The van der Waals surface area contributed by atoms with Crippen LogP contribution < -0.4 is 11.1 Å². The SMILES string of the molecule is CO/N=C(\C(=O)NC1C(=O)N2C(C(=O)O)=C(CN3C=Cc4oc(C)nc4C3)CS[C@H]12)c1csc(N)n1. The third-order valence-corrected chi connectivity index (χ3v) is 7.73. The van der Waals surface area contributed by atoms with Gasteiger partial charge in [-0.2, -0.15) is 0 Å². The molecule has 0 bridgehead atoms. The number of nitrogens with one attached hydrogen (secondary N) is 1. The van der Waals surface area contributed by atoms with E-state index in [-0.39, 0.29) is 22.2 Å². The van der Waals surface area contributed by atoms with Gasteiger partial charge in [0.1, 0.15) is 35.6 Å². The number of β-lactam (4-membered cyclic amide) rings is 1. The summed E-state index contributed by atoms with van der Waals surface area (Å²) in [6.07, 6.45) is 3.60. The zero-order chi connectivity index (χ0) is 25.6. The van der Waals surface area contributed by atoms with Gasteiger partial charge in [0.2, 0.25) is 0 Å². The highest BCUT2D eigenvalue weighted by Gasteiger charge is 2.54.